The first-order valence-electron chi connectivity index (χ1n) is 8.55. The summed E-state index contributed by atoms with van der Waals surface area (Å²) in [5.41, 5.74) is 0.292. The second-order valence-corrected chi connectivity index (χ2v) is 6.09. The first-order chi connectivity index (χ1) is 13.6. The van der Waals surface area contributed by atoms with Crippen molar-refractivity contribution in [1.82, 2.24) is 14.9 Å². The molecular weight excluding hydrogens is 406 g/mol. The predicted octanol–water partition coefficient (Wildman–Crippen LogP) is 4.13. The van der Waals surface area contributed by atoms with Crippen LogP contribution in [0.5, 0.6) is 5.75 Å². The van der Waals surface area contributed by atoms with Crippen LogP contribution < -0.4 is 10.1 Å². The van der Waals surface area contributed by atoms with Crippen LogP contribution in [-0.2, 0) is 4.79 Å². The number of hydrogen-bond donors (Lipinski definition) is 1. The monoisotopic (exact) mass is 424 g/mol. The van der Waals surface area contributed by atoms with Gasteiger partial charge < -0.3 is 15.0 Å². The fourth-order valence-corrected chi connectivity index (χ4v) is 2.83. The topological polar surface area (TPSA) is 67.4 Å². The minimum atomic E-state index is -4.77. The summed E-state index contributed by atoms with van der Waals surface area (Å²) in [5, 5.41) is 3.54. The predicted molar refractivity (Wildman–Crippen MR) is 92.2 cm³/mol. The number of alkyl halides is 6. The number of carbonyl (C=O) groups is 1. The minimum Gasteiger partial charge on any atom is -0.406 e. The van der Waals surface area contributed by atoms with Gasteiger partial charge in [0.05, 0.1) is 5.52 Å². The Morgan fingerprint density at radius 1 is 1.17 bits per heavy atom. The number of benzene rings is 1. The molecule has 2 aromatic rings. The third-order valence-corrected chi connectivity index (χ3v) is 3.98. The standard InChI is InChI=1S/C16H17F3N4O2.CHF3/c1-10(15(24)23-6-2-3-7-23)22-14-12-5-4-11(25-16(17,18)19)8-13(12)20-9-21-14;2-1(3)4/h4-5,8-10H,2-3,6-7H2,1H3,(H,20,21,22);1H/t10-;/m1./s1. The van der Waals surface area contributed by atoms with Crippen LogP contribution in [0.1, 0.15) is 19.8 Å². The minimum absolute atomic E-state index is 0.0266. The Morgan fingerprint density at radius 3 is 2.38 bits per heavy atom. The highest BCUT2D eigenvalue weighted by molar-refractivity contribution is 5.92. The van der Waals surface area contributed by atoms with Gasteiger partial charge in [0.1, 0.15) is 23.9 Å². The summed E-state index contributed by atoms with van der Waals surface area (Å²) in [7, 11) is 0. The number of carbonyl (C=O) groups excluding carboxylic acids is 1. The maximum atomic E-state index is 12.4. The van der Waals surface area contributed by atoms with Crippen LogP contribution in [0.15, 0.2) is 24.5 Å². The quantitative estimate of drug-likeness (QED) is 0.748. The maximum absolute atomic E-state index is 12.4. The number of likely N-dealkylation sites (tertiary alicyclic amines) is 1. The Bertz CT molecular complexity index is 824. The number of nitrogens with zero attached hydrogens (tertiary/aromatic N) is 3. The molecule has 3 rings (SSSR count). The van der Waals surface area contributed by atoms with E-state index in [2.05, 4.69) is 20.0 Å². The Hall–Kier alpha value is -2.79. The van der Waals surface area contributed by atoms with Crippen LogP contribution in [-0.4, -0.2) is 52.9 Å². The Balaban J connectivity index is 0.000000687. The van der Waals surface area contributed by atoms with Crippen molar-refractivity contribution in [2.75, 3.05) is 18.4 Å². The molecule has 1 fully saturated rings. The number of nitrogens with one attached hydrogen (secondary N) is 1. The Morgan fingerprint density at radius 2 is 1.79 bits per heavy atom. The lowest BCUT2D eigenvalue weighted by molar-refractivity contribution is -0.274. The van der Waals surface area contributed by atoms with Crippen LogP contribution in [0, 0.1) is 0 Å². The fourth-order valence-electron chi connectivity index (χ4n) is 2.83. The fraction of sp³-hybridized carbons (Fsp3) is 0.471. The molecule has 0 aliphatic carbocycles. The highest BCUT2D eigenvalue weighted by atomic mass is 19.4. The molecule has 0 unspecified atom stereocenters. The van der Waals surface area contributed by atoms with Crippen molar-refractivity contribution >= 4 is 22.6 Å². The summed E-state index contributed by atoms with van der Waals surface area (Å²) in [6, 6.07) is 3.31. The molecule has 29 heavy (non-hydrogen) atoms. The van der Waals surface area contributed by atoms with Gasteiger partial charge in [0.15, 0.2) is 0 Å². The van der Waals surface area contributed by atoms with E-state index in [9.17, 15) is 31.1 Å². The van der Waals surface area contributed by atoms with Crippen molar-refractivity contribution in [3.05, 3.63) is 24.5 Å². The zero-order valence-electron chi connectivity index (χ0n) is 15.2. The average molecular weight is 424 g/mol. The third-order valence-electron chi connectivity index (χ3n) is 3.98. The SMILES string of the molecule is C[C@@H](Nc1ncnc2cc(OC(F)(F)F)ccc12)C(=O)N1CCCC1.FC(F)F. The number of rotatable bonds is 4. The Kier molecular flexibility index (Phi) is 7.46. The summed E-state index contributed by atoms with van der Waals surface area (Å²) in [6.45, 7) is -0.448. The summed E-state index contributed by atoms with van der Waals surface area (Å²) in [5.74, 6) is 0.00994. The van der Waals surface area contributed by atoms with E-state index in [1.807, 2.05) is 0 Å². The molecule has 160 valence electrons. The third kappa shape index (κ3) is 6.95. The molecule has 1 amide bonds. The second kappa shape index (κ2) is 9.61. The van der Waals surface area contributed by atoms with E-state index < -0.39 is 19.1 Å². The van der Waals surface area contributed by atoms with E-state index in [-0.39, 0.29) is 11.7 Å². The van der Waals surface area contributed by atoms with Gasteiger partial charge in [-0.25, -0.2) is 9.97 Å². The molecule has 1 N–H and O–H groups in total. The summed E-state index contributed by atoms with van der Waals surface area (Å²) >= 11 is 0. The van der Waals surface area contributed by atoms with Gasteiger partial charge in [-0.3, -0.25) is 4.79 Å². The highest BCUT2D eigenvalue weighted by Gasteiger charge is 2.31. The van der Waals surface area contributed by atoms with Gasteiger partial charge in [-0.05, 0) is 31.9 Å². The number of hydrogen-bond acceptors (Lipinski definition) is 5. The van der Waals surface area contributed by atoms with Crippen LogP contribution >= 0.6 is 0 Å². The van der Waals surface area contributed by atoms with Gasteiger partial charge in [0.25, 0.3) is 0 Å². The first kappa shape index (κ1) is 22.5. The first-order valence-corrected chi connectivity index (χ1v) is 8.55. The van der Waals surface area contributed by atoms with E-state index in [4.69, 9.17) is 0 Å². The molecule has 1 aromatic heterocycles. The number of ether oxygens (including phenoxy) is 1. The van der Waals surface area contributed by atoms with Gasteiger partial charge >= 0.3 is 13.0 Å². The van der Waals surface area contributed by atoms with Crippen LogP contribution in [0.4, 0.5) is 32.2 Å². The molecule has 12 heteroatoms. The van der Waals surface area contributed by atoms with Crippen molar-refractivity contribution in [2.45, 2.75) is 38.8 Å². The van der Waals surface area contributed by atoms with Crippen molar-refractivity contribution in [2.24, 2.45) is 0 Å². The number of amides is 1. The van der Waals surface area contributed by atoms with E-state index >= 15 is 0 Å². The second-order valence-electron chi connectivity index (χ2n) is 6.09. The van der Waals surface area contributed by atoms with Gasteiger partial charge in [0.2, 0.25) is 5.91 Å². The average Bonchev–Trinajstić information content (AvgIpc) is 3.13. The molecule has 0 saturated carbocycles. The maximum Gasteiger partial charge on any atom is 0.573 e. The largest absolute Gasteiger partial charge is 0.573 e. The van der Waals surface area contributed by atoms with Gasteiger partial charge in [0, 0.05) is 24.5 Å². The molecule has 0 bridgehead atoms. The molecule has 0 spiro atoms. The zero-order chi connectivity index (χ0) is 21.6. The molecule has 1 saturated heterocycles. The smallest absolute Gasteiger partial charge is 0.406 e. The van der Waals surface area contributed by atoms with E-state index in [1.54, 1.807) is 11.8 Å². The molecule has 2 heterocycles. The van der Waals surface area contributed by atoms with Crippen molar-refractivity contribution in [3.63, 3.8) is 0 Å². The molecule has 1 aromatic carbocycles. The van der Waals surface area contributed by atoms with Crippen LogP contribution in [0.25, 0.3) is 10.9 Å². The van der Waals surface area contributed by atoms with Crippen LogP contribution in [0.2, 0.25) is 0 Å². The lowest BCUT2D eigenvalue weighted by atomic mass is 10.2. The summed E-state index contributed by atoms with van der Waals surface area (Å²) in [6.07, 6.45) is -1.54. The normalized spacial score (nSPS) is 15.1. The van der Waals surface area contributed by atoms with Gasteiger partial charge in [-0.2, -0.15) is 13.2 Å². The molecule has 0 radical (unpaired) electrons. The van der Waals surface area contributed by atoms with E-state index in [0.717, 1.165) is 25.9 Å². The molecule has 1 atom stereocenters. The Labute approximate surface area is 161 Å². The van der Waals surface area contributed by atoms with E-state index in [1.165, 1.54) is 24.5 Å². The van der Waals surface area contributed by atoms with Gasteiger partial charge in [-0.15, -0.1) is 13.2 Å². The molecule has 1 aliphatic heterocycles. The van der Waals surface area contributed by atoms with Crippen LogP contribution in [0.3, 0.4) is 0 Å². The summed E-state index contributed by atoms with van der Waals surface area (Å²) in [4.78, 5) is 22.2. The number of fused-ring (bicyclic) bond motifs is 1. The molecule has 1 aliphatic rings. The number of halogens is 6. The lowest BCUT2D eigenvalue weighted by Gasteiger charge is -2.22. The van der Waals surface area contributed by atoms with Gasteiger partial charge in [-0.1, -0.05) is 0 Å². The lowest BCUT2D eigenvalue weighted by Crippen LogP contribution is -2.39. The highest BCUT2D eigenvalue weighted by Crippen LogP contribution is 2.28. The van der Waals surface area contributed by atoms with Crippen molar-refractivity contribution in [3.8, 4) is 5.75 Å². The van der Waals surface area contributed by atoms with Crippen molar-refractivity contribution < 1.29 is 35.9 Å². The molecule has 6 nitrogen and oxygen atoms in total. The number of aromatic nitrogens is 2. The summed E-state index contributed by atoms with van der Waals surface area (Å²) < 4.78 is 69.9. The zero-order valence-corrected chi connectivity index (χ0v) is 15.2. The van der Waals surface area contributed by atoms with E-state index in [0.29, 0.717) is 16.7 Å². The van der Waals surface area contributed by atoms with Crippen molar-refractivity contribution in [1.29, 1.82) is 0 Å². The number of anilines is 1. The molecular formula is C17H18F6N4O2.